The van der Waals surface area contributed by atoms with E-state index in [9.17, 15) is 29.1 Å². The molecule has 5 fully saturated rings. The van der Waals surface area contributed by atoms with Crippen molar-refractivity contribution in [3.63, 3.8) is 0 Å². The van der Waals surface area contributed by atoms with Crippen molar-refractivity contribution in [3.05, 3.63) is 106 Å². The minimum Gasteiger partial charge on any atom is -0.391 e. The number of likely N-dealkylation sites (tertiary alicyclic amines) is 4. The van der Waals surface area contributed by atoms with Gasteiger partial charge in [0.25, 0.3) is 5.91 Å². The monoisotopic (exact) mass is 1330 g/mol. The zero-order valence-corrected chi connectivity index (χ0v) is 58.3. The zero-order valence-electron chi connectivity index (χ0n) is 57.5. The van der Waals surface area contributed by atoms with E-state index in [4.69, 9.17) is 9.97 Å². The summed E-state index contributed by atoms with van der Waals surface area (Å²) in [5.41, 5.74) is 8.72. The number of pyridine rings is 1. The van der Waals surface area contributed by atoms with E-state index in [0.717, 1.165) is 77.3 Å². The first-order chi connectivity index (χ1) is 45.8. The highest BCUT2D eigenvalue weighted by Gasteiger charge is 2.56. The molecule has 6 amide bonds. The highest BCUT2D eigenvalue weighted by molar-refractivity contribution is 7.13. The predicted octanol–water partition coefficient (Wildman–Crippen LogP) is 10.5. The van der Waals surface area contributed by atoms with Crippen LogP contribution in [0.1, 0.15) is 177 Å². The molecule has 6 aliphatic rings. The molecule has 5 N–H and O–H groups in total. The van der Waals surface area contributed by atoms with Crippen molar-refractivity contribution in [1.29, 1.82) is 0 Å². The van der Waals surface area contributed by atoms with E-state index in [1.165, 1.54) is 36.3 Å². The Bertz CT molecular complexity index is 3900. The Morgan fingerprint density at radius 2 is 1.54 bits per heavy atom. The quantitative estimate of drug-likeness (QED) is 0.0509. The van der Waals surface area contributed by atoms with E-state index in [1.54, 1.807) is 24.6 Å². The number of fused-ring (bicyclic) bond motifs is 3. The summed E-state index contributed by atoms with van der Waals surface area (Å²) in [5.74, 6) is -1.20. The summed E-state index contributed by atoms with van der Waals surface area (Å²) in [6, 6.07) is 17.1. The molecule has 0 radical (unpaired) electrons. The van der Waals surface area contributed by atoms with Crippen LogP contribution in [0.15, 0.2) is 72.5 Å². The summed E-state index contributed by atoms with van der Waals surface area (Å²) < 4.78 is 18.0. The number of halogens is 1. The maximum absolute atomic E-state index is 16.0. The predicted molar refractivity (Wildman–Crippen MR) is 372 cm³/mol. The van der Waals surface area contributed by atoms with Gasteiger partial charge in [-0.25, -0.2) is 19.3 Å². The number of aliphatic hydroxyl groups is 1. The van der Waals surface area contributed by atoms with Gasteiger partial charge in [-0.2, -0.15) is 0 Å². The number of β-amino-alcohol motifs (C(OH)–C–C–N with tert-alkyl or cyclic N) is 1. The lowest BCUT2D eigenvalue weighted by Gasteiger charge is -2.48. The molecule has 0 unspecified atom stereocenters. The molecule has 3 aromatic heterocycles. The number of nitrogens with zero attached hydrogens (tertiary/aromatic N) is 9. The number of imidazole rings is 1. The molecule has 1 aliphatic carbocycles. The smallest absolute Gasteiger partial charge is 0.251 e. The minimum absolute atomic E-state index is 0.000573. The Labute approximate surface area is 567 Å². The fraction of sp³-hybridized carbons (Fsp3) is 0.554. The molecule has 3 aromatic carbocycles. The molecule has 96 heavy (non-hydrogen) atoms. The molecular formula is C74H96FN13O7S. The normalized spacial score (nSPS) is 22.2. The number of rotatable bonds is 19. The highest BCUT2D eigenvalue weighted by Crippen LogP contribution is 2.52. The second-order valence-electron chi connectivity index (χ2n) is 29.8. The van der Waals surface area contributed by atoms with E-state index < -0.39 is 40.7 Å². The van der Waals surface area contributed by atoms with E-state index >= 15 is 9.18 Å². The van der Waals surface area contributed by atoms with Crippen molar-refractivity contribution in [1.82, 2.24) is 55.1 Å². The molecular weight excluding hydrogens is 1230 g/mol. The van der Waals surface area contributed by atoms with Crippen molar-refractivity contribution in [2.75, 3.05) is 62.6 Å². The number of amides is 6. The summed E-state index contributed by atoms with van der Waals surface area (Å²) in [6.07, 6.45) is 10.1. The van der Waals surface area contributed by atoms with Crippen LogP contribution < -0.4 is 26.2 Å². The molecule has 4 saturated heterocycles. The van der Waals surface area contributed by atoms with Gasteiger partial charge in [-0.15, -0.1) is 11.3 Å². The molecule has 5 aliphatic heterocycles. The van der Waals surface area contributed by atoms with E-state index in [0.29, 0.717) is 91.6 Å². The van der Waals surface area contributed by atoms with Gasteiger partial charge in [0.15, 0.2) is 5.82 Å². The Morgan fingerprint density at radius 1 is 0.812 bits per heavy atom. The number of hydrogen-bond acceptors (Lipinski definition) is 14. The van der Waals surface area contributed by atoms with Crippen LogP contribution >= 0.6 is 11.3 Å². The van der Waals surface area contributed by atoms with Crippen LogP contribution in [0.4, 0.5) is 21.6 Å². The van der Waals surface area contributed by atoms with E-state index in [-0.39, 0.29) is 84.8 Å². The molecule has 1 saturated carbocycles. The van der Waals surface area contributed by atoms with Crippen LogP contribution in [-0.2, 0) is 29.4 Å². The number of nitrogens with one attached hydrogen (secondary N) is 4. The Balaban J connectivity index is 0.694. The lowest BCUT2D eigenvalue weighted by molar-refractivity contribution is -0.144. The number of carbonyl (C=O) groups is 6. The molecule has 6 aromatic rings. The average molecular weight is 1330 g/mol. The molecule has 8 heterocycles. The van der Waals surface area contributed by atoms with Crippen molar-refractivity contribution in [3.8, 4) is 21.7 Å². The van der Waals surface area contributed by atoms with E-state index in [2.05, 4.69) is 53.1 Å². The summed E-state index contributed by atoms with van der Waals surface area (Å²) in [7, 11) is 0. The van der Waals surface area contributed by atoms with E-state index in [1.807, 2.05) is 114 Å². The first-order valence-corrected chi connectivity index (χ1v) is 35.8. The SMILES string of the molecule is Cc1cc(F)c(Nc2nc(-c3ccc4c(c3)N(C3CC(N5CCCCC5)C3)C(=O)C43CCN(C(=O)CC[C@H]4CCCN(CC(=O)N[C@H](C(=O)N5C[C@H](O)C[C@H]5C(=O)N[C@@H](C)c5ccc(-c6scnc6C)cc5)C(C)(C)C)C4)CC3)cc3ncn(C(C)C)c23)cc1C(=O)NC(C)C. The molecule has 5 atom stereocenters. The third-order valence-electron chi connectivity index (χ3n) is 21.2. The van der Waals surface area contributed by atoms with Crippen LogP contribution in [0, 0.1) is 31.0 Å². The maximum Gasteiger partial charge on any atom is 0.251 e. The average Bonchev–Trinajstić information content (AvgIpc) is 1.55. The van der Waals surface area contributed by atoms with Crippen molar-refractivity contribution >= 4 is 75.0 Å². The summed E-state index contributed by atoms with van der Waals surface area (Å²) >= 11 is 1.57. The summed E-state index contributed by atoms with van der Waals surface area (Å²) in [4.78, 5) is 111. The summed E-state index contributed by atoms with van der Waals surface area (Å²) in [5, 5.41) is 23.2. The van der Waals surface area contributed by atoms with Gasteiger partial charge in [0, 0.05) is 80.0 Å². The van der Waals surface area contributed by atoms with Crippen molar-refractivity contribution in [2.45, 2.75) is 200 Å². The van der Waals surface area contributed by atoms with Gasteiger partial charge < -0.3 is 50.5 Å². The number of piperidine rings is 3. The molecule has 1 spiro atoms. The molecule has 22 heteroatoms. The van der Waals surface area contributed by atoms with Gasteiger partial charge in [0.05, 0.1) is 63.4 Å². The molecule has 512 valence electrons. The Morgan fingerprint density at radius 3 is 2.23 bits per heavy atom. The lowest BCUT2D eigenvalue weighted by atomic mass is 9.73. The van der Waals surface area contributed by atoms with Gasteiger partial charge in [0.1, 0.15) is 23.4 Å². The zero-order chi connectivity index (χ0) is 68.1. The maximum atomic E-state index is 16.0. The van der Waals surface area contributed by atoms with Crippen LogP contribution in [0.2, 0.25) is 0 Å². The van der Waals surface area contributed by atoms with Gasteiger partial charge in [-0.3, -0.25) is 33.7 Å². The minimum atomic E-state index is -0.964. The number of hydrogen-bond donors (Lipinski definition) is 5. The molecule has 20 nitrogen and oxygen atoms in total. The largest absolute Gasteiger partial charge is 0.391 e. The van der Waals surface area contributed by atoms with Crippen LogP contribution in [0.3, 0.4) is 0 Å². The van der Waals surface area contributed by atoms with Gasteiger partial charge in [-0.05, 0) is 184 Å². The third kappa shape index (κ3) is 14.1. The first kappa shape index (κ1) is 68.3. The van der Waals surface area contributed by atoms with Gasteiger partial charge in [-0.1, -0.05) is 63.6 Å². The fourth-order valence-electron chi connectivity index (χ4n) is 15.7. The number of aromatic nitrogens is 4. The van der Waals surface area contributed by atoms with Crippen molar-refractivity contribution in [2.24, 2.45) is 11.3 Å². The van der Waals surface area contributed by atoms with Crippen LogP contribution in [0.25, 0.3) is 32.7 Å². The topological polar surface area (TPSA) is 231 Å². The number of anilines is 3. The number of aliphatic hydroxyl groups excluding tert-OH is 1. The van der Waals surface area contributed by atoms with Crippen LogP contribution in [0.5, 0.6) is 0 Å². The molecule has 12 rings (SSSR count). The second-order valence-corrected chi connectivity index (χ2v) is 30.6. The third-order valence-corrected chi connectivity index (χ3v) is 22.1. The van der Waals surface area contributed by atoms with Crippen molar-refractivity contribution < 1.29 is 38.3 Å². The number of carbonyl (C=O) groups excluding carboxylic acids is 6. The number of aryl methyl sites for hydroxylation is 2. The Hall–Kier alpha value is -7.66. The highest BCUT2D eigenvalue weighted by atomic mass is 32.1. The standard InChI is InChI=1S/C74H96FN13O7S/c1-43(2)78-69(92)55-36-59(57(75)31-45(55)5)81-68-65-60(76-41-87(65)44(3)4)37-58(80-68)51-21-22-56-61(32-51)88(53-33-52(34-53)84-27-12-11-13-28-84)72(95)74(56)24-29-85(30-25-74)64(91)23-16-48-15-14-26-83(38-48)40-63(90)82-67(73(8,9)10)71(94)86-39-54(89)35-62(86)70(93)79-46(6)49-17-19-50(20-18-49)66-47(7)77-42-96-66/h17-22,31-32,36-37,41-44,46,48,52-54,62,67,89H,11-16,23-30,33-35,38-40H2,1-10H3,(H,78,92)(H,79,93)(H,80,81)(H,82,90)/t46-,48+,52?,53?,54+,62-,67+/m0/s1. The first-order valence-electron chi connectivity index (χ1n) is 34.9. The second kappa shape index (κ2) is 28.1. The molecule has 0 bridgehead atoms. The lowest BCUT2D eigenvalue weighted by Crippen LogP contribution is -2.59. The fourth-order valence-corrected chi connectivity index (χ4v) is 16.5. The van der Waals surface area contributed by atoms with Gasteiger partial charge >= 0.3 is 0 Å². The Kier molecular flexibility index (Phi) is 20.0. The van der Waals surface area contributed by atoms with Gasteiger partial charge in [0.2, 0.25) is 29.5 Å². The number of thiazole rings is 1. The number of benzene rings is 3. The van der Waals surface area contributed by atoms with Crippen LogP contribution in [-0.4, -0.2) is 168 Å². The summed E-state index contributed by atoms with van der Waals surface area (Å²) in [6.45, 7) is 23.5.